The largest absolute Gasteiger partial charge is 0.368 e. The lowest BCUT2D eigenvalue weighted by molar-refractivity contribution is -0.135. The monoisotopic (exact) mass is 290 g/mol. The Hall–Kier alpha value is -2.14. The van der Waals surface area contributed by atoms with Crippen molar-refractivity contribution in [2.24, 2.45) is 5.73 Å². The smallest absolute Gasteiger partial charge is 0.254 e. The molecule has 5 heteroatoms. The number of hydrogen-bond donors (Lipinski definition) is 2. The molecule has 2 atom stereocenters. The van der Waals surface area contributed by atoms with Crippen molar-refractivity contribution in [1.29, 1.82) is 0 Å². The summed E-state index contributed by atoms with van der Waals surface area (Å²) in [5.41, 5.74) is 6.06. The van der Waals surface area contributed by atoms with E-state index in [4.69, 9.17) is 10.5 Å². The van der Waals surface area contributed by atoms with Crippen molar-refractivity contribution in [2.75, 3.05) is 7.11 Å². The van der Waals surface area contributed by atoms with Gasteiger partial charge in [0.1, 0.15) is 6.04 Å². The zero-order chi connectivity index (χ0) is 15.7. The quantitative estimate of drug-likeness (QED) is 0.536. The topological polar surface area (TPSA) is 81.4 Å². The molecule has 0 aromatic heterocycles. The highest BCUT2D eigenvalue weighted by atomic mass is 16.5. The first-order chi connectivity index (χ1) is 10.1. The SMILES string of the molecule is C=CCCC[C@@H](NC(=O)[C@@H](OC)c1ccccc1)C(N)=O. The molecule has 1 aromatic carbocycles. The van der Waals surface area contributed by atoms with Crippen LogP contribution in [0.15, 0.2) is 43.0 Å². The minimum Gasteiger partial charge on any atom is -0.368 e. The maximum absolute atomic E-state index is 12.3. The number of nitrogens with one attached hydrogen (secondary N) is 1. The number of carbonyl (C=O) groups is 2. The second-order valence-electron chi connectivity index (χ2n) is 4.71. The highest BCUT2D eigenvalue weighted by molar-refractivity contribution is 5.89. The minimum atomic E-state index is -0.757. The molecule has 1 rings (SSSR count). The van der Waals surface area contributed by atoms with E-state index in [1.165, 1.54) is 7.11 Å². The van der Waals surface area contributed by atoms with Crippen molar-refractivity contribution in [2.45, 2.75) is 31.4 Å². The second kappa shape index (κ2) is 8.92. The van der Waals surface area contributed by atoms with Crippen LogP contribution < -0.4 is 11.1 Å². The zero-order valence-electron chi connectivity index (χ0n) is 12.2. The number of nitrogens with two attached hydrogens (primary N) is 1. The van der Waals surface area contributed by atoms with Gasteiger partial charge in [-0.15, -0.1) is 6.58 Å². The number of primary amides is 1. The van der Waals surface area contributed by atoms with Gasteiger partial charge in [-0.25, -0.2) is 0 Å². The maximum Gasteiger partial charge on any atom is 0.254 e. The number of rotatable bonds is 9. The highest BCUT2D eigenvalue weighted by Gasteiger charge is 2.24. The van der Waals surface area contributed by atoms with Gasteiger partial charge in [0.25, 0.3) is 5.91 Å². The van der Waals surface area contributed by atoms with Gasteiger partial charge < -0.3 is 15.8 Å². The van der Waals surface area contributed by atoms with Gasteiger partial charge in [-0.3, -0.25) is 9.59 Å². The van der Waals surface area contributed by atoms with Crippen LogP contribution in [0.4, 0.5) is 0 Å². The van der Waals surface area contributed by atoms with E-state index in [0.29, 0.717) is 6.42 Å². The standard InChI is InChI=1S/C16H22N2O3/c1-3-4-6-11-13(15(17)19)18-16(20)14(21-2)12-9-7-5-8-10-12/h3,5,7-10,13-14H,1,4,6,11H2,2H3,(H2,17,19)(H,18,20)/t13-,14+/m1/s1. The number of amides is 2. The first-order valence-corrected chi connectivity index (χ1v) is 6.88. The van der Waals surface area contributed by atoms with Gasteiger partial charge >= 0.3 is 0 Å². The van der Waals surface area contributed by atoms with Crippen molar-refractivity contribution in [3.8, 4) is 0 Å². The Morgan fingerprint density at radius 2 is 2.05 bits per heavy atom. The van der Waals surface area contributed by atoms with E-state index < -0.39 is 18.1 Å². The second-order valence-corrected chi connectivity index (χ2v) is 4.71. The van der Waals surface area contributed by atoms with Crippen molar-refractivity contribution in [1.82, 2.24) is 5.32 Å². The van der Waals surface area contributed by atoms with E-state index in [0.717, 1.165) is 18.4 Å². The van der Waals surface area contributed by atoms with Crippen LogP contribution in [0.3, 0.4) is 0 Å². The lowest BCUT2D eigenvalue weighted by Gasteiger charge is -2.20. The Kier molecular flexibility index (Phi) is 7.18. The molecule has 0 aliphatic carbocycles. The van der Waals surface area contributed by atoms with Crippen LogP contribution in [0.5, 0.6) is 0 Å². The third kappa shape index (κ3) is 5.39. The fourth-order valence-electron chi connectivity index (χ4n) is 2.02. The van der Waals surface area contributed by atoms with Gasteiger partial charge in [-0.05, 0) is 24.8 Å². The average molecular weight is 290 g/mol. The summed E-state index contributed by atoms with van der Waals surface area (Å²) in [6.45, 7) is 3.62. The Labute approximate surface area is 125 Å². The lowest BCUT2D eigenvalue weighted by atomic mass is 10.1. The molecule has 21 heavy (non-hydrogen) atoms. The zero-order valence-corrected chi connectivity index (χ0v) is 12.2. The van der Waals surface area contributed by atoms with Crippen LogP contribution in [0.2, 0.25) is 0 Å². The molecule has 0 spiro atoms. The predicted octanol–water partition coefficient (Wildman–Crippen LogP) is 1.70. The van der Waals surface area contributed by atoms with Gasteiger partial charge in [0.05, 0.1) is 0 Å². The molecule has 0 bridgehead atoms. The van der Waals surface area contributed by atoms with Crippen LogP contribution >= 0.6 is 0 Å². The summed E-state index contributed by atoms with van der Waals surface area (Å²) in [5, 5.41) is 2.65. The van der Waals surface area contributed by atoms with Crippen LogP contribution in [0.25, 0.3) is 0 Å². The number of benzene rings is 1. The van der Waals surface area contributed by atoms with Crippen molar-refractivity contribution in [3.05, 3.63) is 48.6 Å². The van der Waals surface area contributed by atoms with Gasteiger partial charge in [0.2, 0.25) is 5.91 Å². The molecule has 2 amide bonds. The summed E-state index contributed by atoms with van der Waals surface area (Å²) in [6, 6.07) is 8.40. The number of hydrogen-bond acceptors (Lipinski definition) is 3. The lowest BCUT2D eigenvalue weighted by Crippen LogP contribution is -2.46. The van der Waals surface area contributed by atoms with Crippen LogP contribution in [-0.4, -0.2) is 25.0 Å². The van der Waals surface area contributed by atoms with Crippen LogP contribution in [-0.2, 0) is 14.3 Å². The Morgan fingerprint density at radius 1 is 1.38 bits per heavy atom. The summed E-state index contributed by atoms with van der Waals surface area (Å²) >= 11 is 0. The Bertz CT molecular complexity index is 474. The highest BCUT2D eigenvalue weighted by Crippen LogP contribution is 2.16. The summed E-state index contributed by atoms with van der Waals surface area (Å²) in [6.07, 6.45) is 3.00. The minimum absolute atomic E-state index is 0.369. The molecule has 0 unspecified atom stereocenters. The number of ether oxygens (including phenoxy) is 1. The number of methoxy groups -OCH3 is 1. The van der Waals surface area contributed by atoms with Crippen molar-refractivity contribution >= 4 is 11.8 Å². The summed E-state index contributed by atoms with van der Waals surface area (Å²) in [5.74, 6) is -0.915. The van der Waals surface area contributed by atoms with Gasteiger partial charge in [-0.1, -0.05) is 36.4 Å². The van der Waals surface area contributed by atoms with E-state index in [1.54, 1.807) is 18.2 Å². The molecule has 0 saturated carbocycles. The number of carbonyl (C=O) groups excluding carboxylic acids is 2. The summed E-state index contributed by atoms with van der Waals surface area (Å²) in [7, 11) is 1.45. The van der Waals surface area contributed by atoms with Gasteiger partial charge in [0.15, 0.2) is 6.10 Å². The molecule has 0 aliphatic heterocycles. The van der Waals surface area contributed by atoms with E-state index >= 15 is 0 Å². The third-order valence-electron chi connectivity index (χ3n) is 3.14. The van der Waals surface area contributed by atoms with Crippen LogP contribution in [0, 0.1) is 0 Å². The van der Waals surface area contributed by atoms with Gasteiger partial charge in [0, 0.05) is 7.11 Å². The van der Waals surface area contributed by atoms with Crippen LogP contribution in [0.1, 0.15) is 30.9 Å². The first kappa shape index (κ1) is 16.9. The molecular weight excluding hydrogens is 268 g/mol. The Morgan fingerprint density at radius 3 is 2.57 bits per heavy atom. The molecule has 0 heterocycles. The Balaban J connectivity index is 2.70. The average Bonchev–Trinajstić information content (AvgIpc) is 2.48. The number of allylic oxidation sites excluding steroid dienone is 1. The molecule has 0 aliphatic rings. The fourth-order valence-corrected chi connectivity index (χ4v) is 2.02. The molecule has 5 nitrogen and oxygen atoms in total. The summed E-state index contributed by atoms with van der Waals surface area (Å²) < 4.78 is 5.22. The van der Waals surface area contributed by atoms with Crippen molar-refractivity contribution < 1.29 is 14.3 Å². The van der Waals surface area contributed by atoms with E-state index in [2.05, 4.69) is 11.9 Å². The first-order valence-electron chi connectivity index (χ1n) is 6.88. The van der Waals surface area contributed by atoms with Crippen molar-refractivity contribution in [3.63, 3.8) is 0 Å². The molecule has 1 aromatic rings. The molecule has 0 radical (unpaired) electrons. The van der Waals surface area contributed by atoms with E-state index in [9.17, 15) is 9.59 Å². The van der Waals surface area contributed by atoms with E-state index in [1.807, 2.05) is 18.2 Å². The summed E-state index contributed by atoms with van der Waals surface area (Å²) in [4.78, 5) is 23.7. The molecule has 114 valence electrons. The van der Waals surface area contributed by atoms with E-state index in [-0.39, 0.29) is 5.91 Å². The fraction of sp³-hybridized carbons (Fsp3) is 0.375. The number of unbranched alkanes of at least 4 members (excludes halogenated alkanes) is 1. The normalized spacial score (nSPS) is 13.2. The molecule has 3 N–H and O–H groups in total. The predicted molar refractivity (Wildman–Crippen MR) is 81.4 cm³/mol. The third-order valence-corrected chi connectivity index (χ3v) is 3.14. The van der Waals surface area contributed by atoms with Gasteiger partial charge in [-0.2, -0.15) is 0 Å². The maximum atomic E-state index is 12.3. The molecule has 0 fully saturated rings. The molecular formula is C16H22N2O3. The molecule has 0 saturated heterocycles.